The molecular weight excluding hydrogens is 154 g/mol. The molecule has 66 valence electrons. The van der Waals surface area contributed by atoms with Crippen molar-refractivity contribution in [2.45, 2.75) is 26.8 Å². The Balaban J connectivity index is 2.69. The summed E-state index contributed by atoms with van der Waals surface area (Å²) in [5.74, 6) is 1.06. The predicted molar refractivity (Wildman–Crippen MR) is 45.9 cm³/mol. The molecule has 0 fully saturated rings. The smallest absolute Gasteiger partial charge is 0.296 e. The maximum absolute atomic E-state index is 11.4. The summed E-state index contributed by atoms with van der Waals surface area (Å²) in [4.78, 5) is 0. The third-order valence-electron chi connectivity index (χ3n) is 1.55. The number of hydrogen-bond donors (Lipinski definition) is 1. The first-order valence-electron chi connectivity index (χ1n) is 3.97. The minimum atomic E-state index is -0.0180. The molecule has 12 heavy (non-hydrogen) atoms. The first-order chi connectivity index (χ1) is 5.61. The standard InChI is InChI=1S/C9H13NO2/c1-7(2)10(11)9-6-4-5-8(3)12-9/h4,6-7,10H,1-3H3. The lowest BCUT2D eigenvalue weighted by Crippen LogP contribution is -3.08. The highest BCUT2D eigenvalue weighted by molar-refractivity contribution is 5.10. The lowest BCUT2D eigenvalue weighted by atomic mass is 10.3. The van der Waals surface area contributed by atoms with Gasteiger partial charge in [0.2, 0.25) is 0 Å². The third kappa shape index (κ3) is 1.98. The molecule has 1 aliphatic heterocycles. The van der Waals surface area contributed by atoms with Gasteiger partial charge in [-0.2, -0.15) is 0 Å². The highest BCUT2D eigenvalue weighted by Gasteiger charge is 2.13. The van der Waals surface area contributed by atoms with Crippen LogP contribution < -0.4 is 5.06 Å². The van der Waals surface area contributed by atoms with E-state index in [1.54, 1.807) is 19.1 Å². The zero-order valence-electron chi connectivity index (χ0n) is 7.55. The largest absolute Gasteiger partial charge is 0.626 e. The van der Waals surface area contributed by atoms with Gasteiger partial charge in [0.1, 0.15) is 5.76 Å². The van der Waals surface area contributed by atoms with E-state index in [-0.39, 0.29) is 11.1 Å². The first kappa shape index (κ1) is 9.07. The van der Waals surface area contributed by atoms with Gasteiger partial charge in [-0.1, -0.05) is 5.73 Å². The molecule has 1 rings (SSSR count). The molecule has 0 radical (unpaired) electrons. The number of quaternary nitrogens is 1. The third-order valence-corrected chi connectivity index (χ3v) is 1.55. The fraction of sp³-hybridized carbons (Fsp3) is 0.444. The van der Waals surface area contributed by atoms with E-state index in [9.17, 15) is 5.21 Å². The number of hydrogen-bond acceptors (Lipinski definition) is 2. The average Bonchev–Trinajstić information content (AvgIpc) is 2.03. The number of nitrogens with one attached hydrogen (secondary N) is 1. The van der Waals surface area contributed by atoms with Crippen LogP contribution in [0.5, 0.6) is 0 Å². The van der Waals surface area contributed by atoms with E-state index in [2.05, 4.69) is 5.73 Å². The zero-order valence-corrected chi connectivity index (χ0v) is 7.55. The summed E-state index contributed by atoms with van der Waals surface area (Å²) >= 11 is 0. The minimum absolute atomic E-state index is 0.0180. The molecule has 0 saturated heterocycles. The minimum Gasteiger partial charge on any atom is -0.626 e. The summed E-state index contributed by atoms with van der Waals surface area (Å²) in [7, 11) is 0. The summed E-state index contributed by atoms with van der Waals surface area (Å²) in [6.07, 6.45) is 3.35. The van der Waals surface area contributed by atoms with E-state index in [0.717, 1.165) is 0 Å². The second kappa shape index (κ2) is 3.59. The van der Waals surface area contributed by atoms with Crippen LogP contribution in [-0.2, 0) is 4.74 Å². The maximum atomic E-state index is 11.4. The number of hydroxylamine groups is 2. The molecule has 1 heterocycles. The van der Waals surface area contributed by atoms with Crippen molar-refractivity contribution in [1.29, 1.82) is 0 Å². The van der Waals surface area contributed by atoms with Gasteiger partial charge in [-0.15, -0.1) is 0 Å². The van der Waals surface area contributed by atoms with Gasteiger partial charge >= 0.3 is 0 Å². The van der Waals surface area contributed by atoms with Crippen molar-refractivity contribution in [2.75, 3.05) is 0 Å². The second-order valence-electron chi connectivity index (χ2n) is 3.02. The van der Waals surface area contributed by atoms with Crippen LogP contribution in [0.4, 0.5) is 0 Å². The monoisotopic (exact) mass is 167 g/mol. The predicted octanol–water partition coefficient (Wildman–Crippen LogP) is 0.708. The molecule has 1 aliphatic rings. The number of ether oxygens (including phenoxy) is 1. The van der Waals surface area contributed by atoms with Crippen molar-refractivity contribution in [1.82, 2.24) is 0 Å². The Morgan fingerprint density at radius 2 is 2.25 bits per heavy atom. The Labute approximate surface area is 72.2 Å². The normalized spacial score (nSPS) is 18.4. The van der Waals surface area contributed by atoms with Crippen molar-refractivity contribution < 1.29 is 9.80 Å². The molecule has 3 heteroatoms. The van der Waals surface area contributed by atoms with E-state index >= 15 is 0 Å². The fourth-order valence-electron chi connectivity index (χ4n) is 0.880. The van der Waals surface area contributed by atoms with Crippen LogP contribution in [0, 0.1) is 5.21 Å². The summed E-state index contributed by atoms with van der Waals surface area (Å²) in [6.45, 7) is 5.48. The van der Waals surface area contributed by atoms with Gasteiger partial charge in [0.05, 0.1) is 6.04 Å². The van der Waals surface area contributed by atoms with E-state index < -0.39 is 0 Å². The summed E-state index contributed by atoms with van der Waals surface area (Å²) < 4.78 is 5.20. The molecule has 0 saturated carbocycles. The first-order valence-corrected chi connectivity index (χ1v) is 3.97. The summed E-state index contributed by atoms with van der Waals surface area (Å²) in [6, 6.07) is -0.0180. The van der Waals surface area contributed by atoms with Crippen LogP contribution >= 0.6 is 0 Å². The van der Waals surface area contributed by atoms with Crippen LogP contribution in [0.25, 0.3) is 0 Å². The molecule has 1 N–H and O–H groups in total. The van der Waals surface area contributed by atoms with Gasteiger partial charge in [-0.25, -0.2) is 0 Å². The molecule has 0 spiro atoms. The van der Waals surface area contributed by atoms with E-state index in [1.165, 1.54) is 0 Å². The molecule has 1 unspecified atom stereocenters. The van der Waals surface area contributed by atoms with Crippen LogP contribution in [-0.4, -0.2) is 6.04 Å². The fourth-order valence-corrected chi connectivity index (χ4v) is 0.880. The quantitative estimate of drug-likeness (QED) is 0.485. The Hall–Kier alpha value is -1.02. The van der Waals surface area contributed by atoms with Crippen LogP contribution in [0.3, 0.4) is 0 Å². The molecule has 1 atom stereocenters. The van der Waals surface area contributed by atoms with Crippen LogP contribution in [0.15, 0.2) is 29.5 Å². The Morgan fingerprint density at radius 3 is 2.75 bits per heavy atom. The topological polar surface area (TPSA) is 36.7 Å². The Kier molecular flexibility index (Phi) is 2.71. The van der Waals surface area contributed by atoms with Crippen molar-refractivity contribution in [3.63, 3.8) is 0 Å². The van der Waals surface area contributed by atoms with Gasteiger partial charge in [-0.3, -0.25) is 0 Å². The summed E-state index contributed by atoms with van der Waals surface area (Å²) in [5.41, 5.74) is 2.85. The maximum Gasteiger partial charge on any atom is 0.296 e. The molecule has 0 aromatic heterocycles. The lowest BCUT2D eigenvalue weighted by molar-refractivity contribution is -0.847. The van der Waals surface area contributed by atoms with Crippen molar-refractivity contribution >= 4 is 0 Å². The van der Waals surface area contributed by atoms with Gasteiger partial charge in [-0.05, 0) is 19.9 Å². The molecule has 0 aliphatic carbocycles. The van der Waals surface area contributed by atoms with Crippen molar-refractivity contribution in [2.24, 2.45) is 0 Å². The lowest BCUT2D eigenvalue weighted by Gasteiger charge is -2.27. The average molecular weight is 167 g/mol. The number of rotatable bonds is 2. The highest BCUT2D eigenvalue weighted by Crippen LogP contribution is 2.03. The van der Waals surface area contributed by atoms with Crippen LogP contribution in [0.2, 0.25) is 0 Å². The van der Waals surface area contributed by atoms with Gasteiger partial charge in [0.15, 0.2) is 0 Å². The zero-order chi connectivity index (χ0) is 9.14. The van der Waals surface area contributed by atoms with E-state index in [4.69, 9.17) is 4.74 Å². The van der Waals surface area contributed by atoms with Gasteiger partial charge < -0.3 is 15.0 Å². The Morgan fingerprint density at radius 1 is 1.58 bits per heavy atom. The molecule has 0 amide bonds. The SMILES string of the molecule is CC1=C=CC=C([NH+]([O-])C(C)C)O1. The van der Waals surface area contributed by atoms with E-state index in [1.807, 2.05) is 13.8 Å². The van der Waals surface area contributed by atoms with Gasteiger partial charge in [0.25, 0.3) is 5.88 Å². The molecule has 0 aromatic carbocycles. The molecule has 0 bridgehead atoms. The van der Waals surface area contributed by atoms with Crippen molar-refractivity contribution in [3.8, 4) is 0 Å². The molecule has 3 nitrogen and oxygen atoms in total. The number of allylic oxidation sites excluding steroid dienone is 2. The van der Waals surface area contributed by atoms with Gasteiger partial charge in [0, 0.05) is 13.0 Å². The van der Waals surface area contributed by atoms with E-state index in [0.29, 0.717) is 11.6 Å². The van der Waals surface area contributed by atoms with Crippen molar-refractivity contribution in [3.05, 3.63) is 34.7 Å². The Bertz CT molecular complexity index is 260. The highest BCUT2D eigenvalue weighted by atomic mass is 16.6. The second-order valence-corrected chi connectivity index (χ2v) is 3.02. The molecule has 0 aromatic rings. The molecular formula is C9H13NO2. The summed E-state index contributed by atoms with van der Waals surface area (Å²) in [5, 5.41) is 11.4. The van der Waals surface area contributed by atoms with Crippen LogP contribution in [0.1, 0.15) is 20.8 Å².